The Hall–Kier alpha value is -4.23. The van der Waals surface area contributed by atoms with Crippen molar-refractivity contribution in [1.82, 2.24) is 10.6 Å². The van der Waals surface area contributed by atoms with Gasteiger partial charge in [0.1, 0.15) is 23.6 Å². The molecule has 270 valence electrons. The van der Waals surface area contributed by atoms with Crippen molar-refractivity contribution >= 4 is 50.8 Å². The van der Waals surface area contributed by atoms with E-state index in [0.717, 1.165) is 44.2 Å². The van der Waals surface area contributed by atoms with E-state index in [1.807, 2.05) is 42.7 Å². The summed E-state index contributed by atoms with van der Waals surface area (Å²) in [6.07, 6.45) is 7.13. The number of anilines is 2. The number of amides is 2. The van der Waals surface area contributed by atoms with Crippen molar-refractivity contribution in [2.24, 2.45) is 5.41 Å². The molecule has 4 N–H and O–H groups in total. The number of unbranched alkanes of at least 4 members (excludes halogenated alkanes) is 2. The topological polar surface area (TPSA) is 162 Å². The van der Waals surface area contributed by atoms with Gasteiger partial charge in [-0.3, -0.25) is 14.4 Å². The van der Waals surface area contributed by atoms with Gasteiger partial charge in [0, 0.05) is 23.7 Å². The van der Waals surface area contributed by atoms with Crippen LogP contribution in [0.3, 0.4) is 0 Å². The number of hydrogen-bond donors (Lipinski definition) is 4. The van der Waals surface area contributed by atoms with Crippen molar-refractivity contribution < 1.29 is 37.8 Å². The molecule has 50 heavy (non-hydrogen) atoms. The fourth-order valence-electron chi connectivity index (χ4n) is 6.25. The second-order valence-electron chi connectivity index (χ2n) is 12.8. The maximum atomic E-state index is 14.4. The van der Waals surface area contributed by atoms with Crippen molar-refractivity contribution in [3.8, 4) is 11.5 Å². The molecule has 1 aliphatic heterocycles. The van der Waals surface area contributed by atoms with Crippen LogP contribution in [-0.4, -0.2) is 67.6 Å². The number of ether oxygens (including phenoxy) is 1. The number of thioether (sulfide) groups is 1. The molecule has 0 aromatic heterocycles. The Labute approximate surface area is 298 Å². The molecule has 0 radical (unpaired) electrons. The maximum Gasteiger partial charge on any atom is 0.325 e. The monoisotopic (exact) mass is 725 g/mol. The highest BCUT2D eigenvalue weighted by atomic mass is 32.2. The molecule has 11 nitrogen and oxygen atoms in total. The van der Waals surface area contributed by atoms with Crippen molar-refractivity contribution in [3.63, 3.8) is 0 Å². The molecule has 2 atom stereocenters. The molecule has 0 aliphatic carbocycles. The van der Waals surface area contributed by atoms with E-state index >= 15 is 0 Å². The summed E-state index contributed by atoms with van der Waals surface area (Å²) in [6.45, 7) is 5.51. The average molecular weight is 726 g/mol. The van der Waals surface area contributed by atoms with Crippen LogP contribution in [0.5, 0.6) is 11.5 Å². The Balaban J connectivity index is 1.69. The molecule has 0 fully saturated rings. The van der Waals surface area contributed by atoms with Gasteiger partial charge in [0.05, 0.1) is 21.2 Å². The normalized spacial score (nSPS) is 16.0. The minimum Gasteiger partial charge on any atom is -0.508 e. The molecule has 0 saturated heterocycles. The zero-order chi connectivity index (χ0) is 36.5. The lowest BCUT2D eigenvalue weighted by atomic mass is 9.79. The van der Waals surface area contributed by atoms with Crippen LogP contribution in [0.4, 0.5) is 11.4 Å². The molecule has 1 aliphatic rings. The zero-order valence-electron chi connectivity index (χ0n) is 29.0. The largest absolute Gasteiger partial charge is 0.508 e. The van der Waals surface area contributed by atoms with Crippen LogP contribution in [0, 0.1) is 5.41 Å². The summed E-state index contributed by atoms with van der Waals surface area (Å²) < 4.78 is 34.7. The van der Waals surface area contributed by atoms with E-state index in [4.69, 9.17) is 4.74 Å². The number of aliphatic carboxylic acids is 1. The van der Waals surface area contributed by atoms with Gasteiger partial charge < -0.3 is 30.5 Å². The number of carbonyl (C=O) groups is 3. The average Bonchev–Trinajstić information content (AvgIpc) is 3.19. The van der Waals surface area contributed by atoms with Crippen molar-refractivity contribution in [3.05, 3.63) is 72.3 Å². The summed E-state index contributed by atoms with van der Waals surface area (Å²) >= 11 is 1.36. The number of carboxylic acid groups (broad SMARTS) is 1. The Morgan fingerprint density at radius 1 is 0.980 bits per heavy atom. The van der Waals surface area contributed by atoms with Gasteiger partial charge in [0.2, 0.25) is 5.91 Å². The lowest BCUT2D eigenvalue weighted by Gasteiger charge is -2.37. The second kappa shape index (κ2) is 17.1. The van der Waals surface area contributed by atoms with Gasteiger partial charge in [0.25, 0.3) is 5.91 Å². The first-order valence-corrected chi connectivity index (χ1v) is 19.7. The number of rotatable bonds is 16. The van der Waals surface area contributed by atoms with Gasteiger partial charge >= 0.3 is 5.97 Å². The second-order valence-corrected chi connectivity index (χ2v) is 15.6. The number of phenols is 1. The third kappa shape index (κ3) is 9.51. The number of phenolic OH excluding ortho intramolecular Hbond substituents is 1. The van der Waals surface area contributed by atoms with Crippen LogP contribution in [0.2, 0.25) is 0 Å². The van der Waals surface area contributed by atoms with E-state index in [-0.39, 0.29) is 22.1 Å². The molecular formula is C37H47N3O8S2. The summed E-state index contributed by atoms with van der Waals surface area (Å²) in [7, 11) is -3.82. The molecule has 3 aromatic carbocycles. The van der Waals surface area contributed by atoms with Crippen molar-refractivity contribution in [2.75, 3.05) is 30.1 Å². The highest BCUT2D eigenvalue weighted by molar-refractivity contribution is 7.98. The predicted molar refractivity (Wildman–Crippen MR) is 195 cm³/mol. The molecule has 0 spiro atoms. The molecule has 0 saturated carbocycles. The quantitative estimate of drug-likeness (QED) is 0.125. The van der Waals surface area contributed by atoms with E-state index < -0.39 is 51.7 Å². The summed E-state index contributed by atoms with van der Waals surface area (Å²) in [4.78, 5) is 40.6. The highest BCUT2D eigenvalue weighted by Gasteiger charge is 2.42. The third-order valence-corrected chi connectivity index (χ3v) is 11.7. The number of sulfone groups is 1. The van der Waals surface area contributed by atoms with Crippen LogP contribution < -0.4 is 20.3 Å². The number of nitrogens with one attached hydrogen (secondary N) is 2. The number of aromatic hydroxyl groups is 1. The van der Waals surface area contributed by atoms with Gasteiger partial charge in [-0.25, -0.2) is 8.42 Å². The molecule has 2 amide bonds. The standard InChI is InChI=1S/C37H47N3O8S2/c1-5-7-18-37(19-8-6-2)23-40(27-12-10-9-11-13-27)29-20-31(49-4)30(21-32(29)50(46,47)24-37)48-22-33(42)39-34(26-14-16-28(41)17-15-26)35(43)38-25(3)36(44)45/h9-17,20-21,25,34,41H,5-8,18-19,22-24H2,1-4H3,(H,38,43)(H,39,42)(H,44,45). The summed E-state index contributed by atoms with van der Waals surface area (Å²) in [5, 5.41) is 24.0. The number of carbonyl (C=O) groups excluding carboxylic acids is 2. The smallest absolute Gasteiger partial charge is 0.325 e. The first kappa shape index (κ1) is 38.6. The van der Waals surface area contributed by atoms with E-state index in [9.17, 15) is 33.0 Å². The third-order valence-electron chi connectivity index (χ3n) is 8.93. The van der Waals surface area contributed by atoms with Gasteiger partial charge in [-0.1, -0.05) is 69.9 Å². The Morgan fingerprint density at radius 2 is 1.62 bits per heavy atom. The van der Waals surface area contributed by atoms with Crippen LogP contribution >= 0.6 is 11.8 Å². The van der Waals surface area contributed by atoms with E-state index in [1.54, 1.807) is 0 Å². The van der Waals surface area contributed by atoms with E-state index in [0.29, 0.717) is 22.7 Å². The molecule has 1 heterocycles. The molecule has 0 bridgehead atoms. The van der Waals surface area contributed by atoms with Crippen LogP contribution in [0.25, 0.3) is 0 Å². The number of hydrogen-bond acceptors (Lipinski definition) is 9. The summed E-state index contributed by atoms with van der Waals surface area (Å²) in [5.74, 6) is -2.57. The molecule has 13 heteroatoms. The zero-order valence-corrected chi connectivity index (χ0v) is 30.6. The Bertz CT molecular complexity index is 1740. The van der Waals surface area contributed by atoms with Crippen LogP contribution in [0.1, 0.15) is 70.9 Å². The van der Waals surface area contributed by atoms with Gasteiger partial charge in [-0.2, -0.15) is 0 Å². The molecule has 2 unspecified atom stereocenters. The fourth-order valence-corrected chi connectivity index (χ4v) is 8.92. The number of carboxylic acids is 1. The first-order chi connectivity index (χ1) is 23.8. The Morgan fingerprint density at radius 3 is 2.20 bits per heavy atom. The lowest BCUT2D eigenvalue weighted by molar-refractivity contribution is -0.141. The predicted octanol–water partition coefficient (Wildman–Crippen LogP) is 6.23. The van der Waals surface area contributed by atoms with E-state index in [2.05, 4.69) is 29.4 Å². The van der Waals surface area contributed by atoms with Gasteiger partial charge in [0.15, 0.2) is 16.4 Å². The number of benzene rings is 3. The fraction of sp³-hybridized carbons (Fsp3) is 0.432. The molecule has 3 aromatic rings. The summed E-state index contributed by atoms with van der Waals surface area (Å²) in [5.41, 5.74) is 1.29. The van der Waals surface area contributed by atoms with Crippen LogP contribution in [0.15, 0.2) is 76.5 Å². The molecule has 4 rings (SSSR count). The van der Waals surface area contributed by atoms with Crippen LogP contribution in [-0.2, 0) is 24.2 Å². The highest BCUT2D eigenvalue weighted by Crippen LogP contribution is 2.47. The SMILES string of the molecule is CCCCC1(CCCC)CN(c2ccccc2)c2cc(SC)c(OCC(=O)NC(C(=O)NC(C)C(=O)O)c3ccc(O)cc3)cc2S(=O)(=O)C1. The minimum atomic E-state index is -3.82. The first-order valence-electron chi connectivity index (χ1n) is 16.8. The van der Waals surface area contributed by atoms with E-state index in [1.165, 1.54) is 49.0 Å². The Kier molecular flexibility index (Phi) is 13.2. The van der Waals surface area contributed by atoms with Crippen molar-refractivity contribution in [2.45, 2.75) is 81.2 Å². The van der Waals surface area contributed by atoms with Gasteiger partial charge in [-0.05, 0) is 61.9 Å². The lowest BCUT2D eigenvalue weighted by Crippen LogP contribution is -2.46. The number of nitrogens with zero attached hydrogens (tertiary/aromatic N) is 1. The van der Waals surface area contributed by atoms with Gasteiger partial charge in [-0.15, -0.1) is 11.8 Å². The summed E-state index contributed by atoms with van der Waals surface area (Å²) in [6, 6.07) is 16.1. The maximum absolute atomic E-state index is 14.4. The number of para-hydroxylation sites is 1. The number of fused-ring (bicyclic) bond motifs is 1. The van der Waals surface area contributed by atoms with Crippen molar-refractivity contribution in [1.29, 1.82) is 0 Å². The molecular weight excluding hydrogens is 679 g/mol. The minimum absolute atomic E-state index is 0.00688.